The van der Waals surface area contributed by atoms with Gasteiger partial charge >= 0.3 is 0 Å². The van der Waals surface area contributed by atoms with Crippen molar-refractivity contribution in [2.75, 3.05) is 6.54 Å². The van der Waals surface area contributed by atoms with Crippen LogP contribution in [0.5, 0.6) is 0 Å². The van der Waals surface area contributed by atoms with Crippen LogP contribution in [0, 0.1) is 0 Å². The molecule has 0 aliphatic carbocycles. The number of hydrogen-bond acceptors (Lipinski definition) is 2. The molecule has 1 aromatic carbocycles. The topological polar surface area (TPSA) is 49.4 Å². The SMILES string of the molecule is CCC1(C)C(=O)NCC(=O)N1Cc1ccc(Br)cc1Cl. The van der Waals surface area contributed by atoms with Crippen molar-refractivity contribution in [1.82, 2.24) is 10.2 Å². The lowest BCUT2D eigenvalue weighted by atomic mass is 9.92. The first kappa shape index (κ1) is 15.3. The molecular formula is C14H16BrClN2O2. The number of piperazine rings is 1. The molecule has 1 N–H and O–H groups in total. The van der Waals surface area contributed by atoms with E-state index in [1.165, 1.54) is 0 Å². The van der Waals surface area contributed by atoms with Gasteiger partial charge in [0.05, 0.1) is 6.54 Å². The number of rotatable bonds is 3. The van der Waals surface area contributed by atoms with Crippen molar-refractivity contribution < 1.29 is 9.59 Å². The van der Waals surface area contributed by atoms with Gasteiger partial charge in [-0.3, -0.25) is 9.59 Å². The molecule has 1 aliphatic heterocycles. The van der Waals surface area contributed by atoms with Gasteiger partial charge in [-0.05, 0) is 31.0 Å². The Morgan fingerprint density at radius 3 is 2.75 bits per heavy atom. The van der Waals surface area contributed by atoms with Crippen molar-refractivity contribution in [2.45, 2.75) is 32.4 Å². The summed E-state index contributed by atoms with van der Waals surface area (Å²) in [6.45, 7) is 4.06. The first-order valence-electron chi connectivity index (χ1n) is 6.41. The summed E-state index contributed by atoms with van der Waals surface area (Å²) in [6, 6.07) is 5.52. The van der Waals surface area contributed by atoms with Crippen LogP contribution in [-0.4, -0.2) is 28.8 Å². The van der Waals surface area contributed by atoms with Gasteiger partial charge in [-0.1, -0.05) is 40.5 Å². The van der Waals surface area contributed by atoms with E-state index in [1.807, 2.05) is 19.1 Å². The van der Waals surface area contributed by atoms with Crippen LogP contribution in [0.4, 0.5) is 0 Å². The Hall–Kier alpha value is -1.07. The summed E-state index contributed by atoms with van der Waals surface area (Å²) in [4.78, 5) is 25.9. The lowest BCUT2D eigenvalue weighted by Crippen LogP contribution is -2.65. The molecule has 1 heterocycles. The molecule has 2 rings (SSSR count). The minimum atomic E-state index is -0.828. The number of amides is 2. The van der Waals surface area contributed by atoms with E-state index in [0.29, 0.717) is 18.0 Å². The highest BCUT2D eigenvalue weighted by Crippen LogP contribution is 2.28. The molecule has 6 heteroatoms. The third-order valence-corrected chi connectivity index (χ3v) is 4.66. The normalized spacial score (nSPS) is 22.9. The molecule has 0 bridgehead atoms. The predicted octanol–water partition coefficient (Wildman–Crippen LogP) is 2.73. The van der Waals surface area contributed by atoms with E-state index in [0.717, 1.165) is 10.0 Å². The fourth-order valence-corrected chi connectivity index (χ4v) is 3.01. The Bertz CT molecular complexity index is 564. The molecule has 1 aliphatic rings. The number of hydrogen-bond donors (Lipinski definition) is 1. The second-order valence-electron chi connectivity index (χ2n) is 5.03. The van der Waals surface area contributed by atoms with E-state index >= 15 is 0 Å². The van der Waals surface area contributed by atoms with Crippen LogP contribution in [0.2, 0.25) is 5.02 Å². The van der Waals surface area contributed by atoms with Crippen molar-refractivity contribution in [3.8, 4) is 0 Å². The summed E-state index contributed by atoms with van der Waals surface area (Å²) in [5.74, 6) is -0.208. The van der Waals surface area contributed by atoms with Gasteiger partial charge in [0.15, 0.2) is 0 Å². The molecule has 0 aromatic heterocycles. The van der Waals surface area contributed by atoms with Crippen LogP contribution in [0.25, 0.3) is 0 Å². The largest absolute Gasteiger partial charge is 0.345 e. The summed E-state index contributed by atoms with van der Waals surface area (Å²) in [5, 5.41) is 3.22. The third-order valence-electron chi connectivity index (χ3n) is 3.82. The summed E-state index contributed by atoms with van der Waals surface area (Å²) in [7, 11) is 0. The van der Waals surface area contributed by atoms with E-state index in [1.54, 1.807) is 17.9 Å². The zero-order valence-electron chi connectivity index (χ0n) is 11.4. The lowest BCUT2D eigenvalue weighted by Gasteiger charge is -2.43. The standard InChI is InChI=1S/C14H16BrClN2O2/c1-3-14(2)13(20)17-7-12(19)18(14)8-9-4-5-10(15)6-11(9)16/h4-6H,3,7-8H2,1-2H3,(H,17,20). The Labute approximate surface area is 131 Å². The highest BCUT2D eigenvalue weighted by atomic mass is 79.9. The van der Waals surface area contributed by atoms with Crippen LogP contribution in [-0.2, 0) is 16.1 Å². The van der Waals surface area contributed by atoms with Gasteiger partial charge in [0.25, 0.3) is 0 Å². The molecule has 1 fully saturated rings. The summed E-state index contributed by atoms with van der Waals surface area (Å²) in [5.41, 5.74) is 0.00346. The quantitative estimate of drug-likeness (QED) is 0.902. The van der Waals surface area contributed by atoms with Crippen LogP contribution in [0.15, 0.2) is 22.7 Å². The summed E-state index contributed by atoms with van der Waals surface area (Å²) in [6.07, 6.45) is 0.554. The van der Waals surface area contributed by atoms with Crippen molar-refractivity contribution in [1.29, 1.82) is 0 Å². The Morgan fingerprint density at radius 1 is 1.45 bits per heavy atom. The maximum atomic E-state index is 12.2. The zero-order valence-corrected chi connectivity index (χ0v) is 13.7. The third kappa shape index (κ3) is 2.69. The number of nitrogens with zero attached hydrogens (tertiary/aromatic N) is 1. The molecule has 20 heavy (non-hydrogen) atoms. The van der Waals surface area contributed by atoms with Crippen molar-refractivity contribution in [3.63, 3.8) is 0 Å². The van der Waals surface area contributed by atoms with E-state index in [-0.39, 0.29) is 18.4 Å². The lowest BCUT2D eigenvalue weighted by molar-refractivity contribution is -0.153. The van der Waals surface area contributed by atoms with Crippen molar-refractivity contribution >= 4 is 39.3 Å². The van der Waals surface area contributed by atoms with E-state index in [2.05, 4.69) is 21.2 Å². The van der Waals surface area contributed by atoms with Gasteiger partial charge in [-0.2, -0.15) is 0 Å². The van der Waals surface area contributed by atoms with E-state index in [9.17, 15) is 9.59 Å². The zero-order chi connectivity index (χ0) is 14.9. The molecule has 1 atom stereocenters. The molecule has 2 amide bonds. The maximum absolute atomic E-state index is 12.2. The van der Waals surface area contributed by atoms with Gasteiger partial charge in [0.1, 0.15) is 5.54 Å². The second-order valence-corrected chi connectivity index (χ2v) is 6.35. The van der Waals surface area contributed by atoms with Crippen LogP contribution >= 0.6 is 27.5 Å². The van der Waals surface area contributed by atoms with E-state index < -0.39 is 5.54 Å². The maximum Gasteiger partial charge on any atom is 0.246 e. The average Bonchev–Trinajstić information content (AvgIpc) is 2.41. The Morgan fingerprint density at radius 2 is 2.15 bits per heavy atom. The fourth-order valence-electron chi connectivity index (χ4n) is 2.27. The van der Waals surface area contributed by atoms with Crippen LogP contribution in [0.3, 0.4) is 0 Å². The first-order chi connectivity index (χ1) is 9.38. The Kier molecular flexibility index (Phi) is 4.39. The fraction of sp³-hybridized carbons (Fsp3) is 0.429. The minimum absolute atomic E-state index is 0.0442. The second kappa shape index (κ2) is 5.74. The number of nitrogens with one attached hydrogen (secondary N) is 1. The molecule has 0 saturated carbocycles. The monoisotopic (exact) mass is 358 g/mol. The number of halogens is 2. The molecule has 1 aromatic rings. The minimum Gasteiger partial charge on any atom is -0.345 e. The van der Waals surface area contributed by atoms with Gasteiger partial charge in [0, 0.05) is 16.0 Å². The highest BCUT2D eigenvalue weighted by Gasteiger charge is 2.44. The van der Waals surface area contributed by atoms with Crippen molar-refractivity contribution in [3.05, 3.63) is 33.3 Å². The smallest absolute Gasteiger partial charge is 0.246 e. The summed E-state index contributed by atoms with van der Waals surface area (Å²) < 4.78 is 0.882. The molecule has 0 radical (unpaired) electrons. The average molecular weight is 360 g/mol. The number of benzene rings is 1. The molecular weight excluding hydrogens is 344 g/mol. The molecule has 1 saturated heterocycles. The molecule has 108 valence electrons. The van der Waals surface area contributed by atoms with Crippen molar-refractivity contribution in [2.24, 2.45) is 0 Å². The molecule has 1 unspecified atom stereocenters. The number of carbonyl (C=O) groups is 2. The van der Waals surface area contributed by atoms with Crippen LogP contribution in [0.1, 0.15) is 25.8 Å². The summed E-state index contributed by atoms with van der Waals surface area (Å²) >= 11 is 9.55. The first-order valence-corrected chi connectivity index (χ1v) is 7.58. The van der Waals surface area contributed by atoms with Gasteiger partial charge in [0.2, 0.25) is 11.8 Å². The Balaban J connectivity index is 2.33. The van der Waals surface area contributed by atoms with E-state index in [4.69, 9.17) is 11.6 Å². The van der Waals surface area contributed by atoms with Gasteiger partial charge in [-0.15, -0.1) is 0 Å². The highest BCUT2D eigenvalue weighted by molar-refractivity contribution is 9.10. The number of carbonyl (C=O) groups excluding carboxylic acids is 2. The molecule has 0 spiro atoms. The van der Waals surface area contributed by atoms with Gasteiger partial charge in [-0.25, -0.2) is 0 Å². The molecule has 4 nitrogen and oxygen atoms in total. The van der Waals surface area contributed by atoms with Crippen LogP contribution < -0.4 is 5.32 Å². The van der Waals surface area contributed by atoms with Gasteiger partial charge < -0.3 is 10.2 Å². The predicted molar refractivity (Wildman–Crippen MR) is 81.4 cm³/mol.